The molecule has 106 valence electrons. The van der Waals surface area contributed by atoms with Gasteiger partial charge >= 0.3 is 5.97 Å². The summed E-state index contributed by atoms with van der Waals surface area (Å²) in [6.07, 6.45) is 0. The van der Waals surface area contributed by atoms with Crippen molar-refractivity contribution in [3.05, 3.63) is 42.0 Å². The van der Waals surface area contributed by atoms with E-state index >= 15 is 0 Å². The van der Waals surface area contributed by atoms with Crippen LogP contribution in [0.1, 0.15) is 17.3 Å². The van der Waals surface area contributed by atoms with Crippen LogP contribution in [0.5, 0.6) is 5.88 Å². The summed E-state index contributed by atoms with van der Waals surface area (Å²) < 4.78 is 5.33. The molecule has 6 heteroatoms. The molecule has 3 rings (SSSR count). The molecule has 0 aliphatic rings. The minimum absolute atomic E-state index is 0.196. The lowest BCUT2D eigenvalue weighted by atomic mass is 10.1. The summed E-state index contributed by atoms with van der Waals surface area (Å²) in [4.78, 5) is 23.0. The number of hydrogen-bond donors (Lipinski definition) is 2. The van der Waals surface area contributed by atoms with Crippen molar-refractivity contribution in [1.29, 1.82) is 0 Å². The fraction of sp³-hybridized carbons (Fsp3) is 0.133. The third-order valence-electron chi connectivity index (χ3n) is 3.03. The number of carbonyl (C=O) groups is 1. The number of benzene rings is 1. The molecular weight excluding hydrogens is 270 g/mol. The van der Waals surface area contributed by atoms with Crippen molar-refractivity contribution in [2.24, 2.45) is 0 Å². The smallest absolute Gasteiger partial charge is 0.336 e. The molecule has 3 aromatic rings. The highest BCUT2D eigenvalue weighted by Gasteiger charge is 2.14. The number of aromatic amines is 1. The maximum absolute atomic E-state index is 11.3. The van der Waals surface area contributed by atoms with Gasteiger partial charge in [0.1, 0.15) is 5.82 Å². The van der Waals surface area contributed by atoms with Gasteiger partial charge in [0, 0.05) is 11.6 Å². The fourth-order valence-corrected chi connectivity index (χ4v) is 2.11. The van der Waals surface area contributed by atoms with E-state index in [0.29, 0.717) is 29.5 Å². The summed E-state index contributed by atoms with van der Waals surface area (Å²) in [5.41, 5.74) is 1.95. The molecule has 21 heavy (non-hydrogen) atoms. The third kappa shape index (κ3) is 2.43. The van der Waals surface area contributed by atoms with Crippen LogP contribution in [0.2, 0.25) is 0 Å². The summed E-state index contributed by atoms with van der Waals surface area (Å²) >= 11 is 0. The van der Waals surface area contributed by atoms with Crippen molar-refractivity contribution in [3.63, 3.8) is 0 Å². The summed E-state index contributed by atoms with van der Waals surface area (Å²) in [5, 5.41) is 9.24. The maximum atomic E-state index is 11.3. The first kappa shape index (κ1) is 13.1. The van der Waals surface area contributed by atoms with E-state index in [2.05, 4.69) is 15.0 Å². The molecule has 0 saturated carbocycles. The zero-order valence-corrected chi connectivity index (χ0v) is 11.3. The van der Waals surface area contributed by atoms with Crippen LogP contribution in [0.25, 0.3) is 22.6 Å². The first-order valence-electron chi connectivity index (χ1n) is 6.51. The van der Waals surface area contributed by atoms with Gasteiger partial charge < -0.3 is 14.8 Å². The molecule has 2 heterocycles. The molecule has 2 N–H and O–H groups in total. The Morgan fingerprint density at radius 2 is 2.05 bits per heavy atom. The highest BCUT2D eigenvalue weighted by atomic mass is 16.5. The summed E-state index contributed by atoms with van der Waals surface area (Å²) in [6, 6.07) is 10.3. The zero-order valence-electron chi connectivity index (χ0n) is 11.3. The van der Waals surface area contributed by atoms with Gasteiger partial charge in [0.05, 0.1) is 17.7 Å². The number of pyridine rings is 1. The van der Waals surface area contributed by atoms with Gasteiger partial charge in [-0.15, -0.1) is 0 Å². The lowest BCUT2D eigenvalue weighted by Crippen LogP contribution is -1.99. The van der Waals surface area contributed by atoms with Gasteiger partial charge in [-0.3, -0.25) is 0 Å². The molecule has 0 spiro atoms. The molecule has 1 aromatic carbocycles. The van der Waals surface area contributed by atoms with Crippen LogP contribution in [0.15, 0.2) is 36.4 Å². The van der Waals surface area contributed by atoms with Crippen LogP contribution in [0.4, 0.5) is 0 Å². The molecular formula is C15H13N3O3. The third-order valence-corrected chi connectivity index (χ3v) is 3.03. The quantitative estimate of drug-likeness (QED) is 0.768. The molecule has 0 amide bonds. The van der Waals surface area contributed by atoms with Gasteiger partial charge in [0.25, 0.3) is 0 Å². The van der Waals surface area contributed by atoms with Gasteiger partial charge in [-0.1, -0.05) is 18.2 Å². The number of carboxylic acid groups (broad SMARTS) is 1. The Labute approximate surface area is 120 Å². The minimum atomic E-state index is -0.992. The minimum Gasteiger partial charge on any atom is -0.478 e. The lowest BCUT2D eigenvalue weighted by Gasteiger charge is -2.01. The number of fused-ring (bicyclic) bond motifs is 1. The second-order valence-electron chi connectivity index (χ2n) is 4.39. The number of aromatic carboxylic acids is 1. The molecule has 2 aromatic heterocycles. The van der Waals surface area contributed by atoms with Crippen LogP contribution in [-0.2, 0) is 0 Å². The maximum Gasteiger partial charge on any atom is 0.336 e. The van der Waals surface area contributed by atoms with E-state index in [0.717, 1.165) is 5.52 Å². The first-order chi connectivity index (χ1) is 10.2. The van der Waals surface area contributed by atoms with Gasteiger partial charge in [-0.25, -0.2) is 9.78 Å². The molecule has 0 bridgehead atoms. The van der Waals surface area contributed by atoms with E-state index < -0.39 is 5.97 Å². The molecule has 0 aliphatic heterocycles. The Bertz CT molecular complexity index is 811. The van der Waals surface area contributed by atoms with Crippen LogP contribution < -0.4 is 4.74 Å². The number of hydrogen-bond acceptors (Lipinski definition) is 4. The average molecular weight is 283 g/mol. The van der Waals surface area contributed by atoms with E-state index in [4.69, 9.17) is 4.74 Å². The van der Waals surface area contributed by atoms with E-state index in [-0.39, 0.29) is 5.56 Å². The Kier molecular flexibility index (Phi) is 3.27. The largest absolute Gasteiger partial charge is 0.478 e. The van der Waals surface area contributed by atoms with Gasteiger partial charge in [-0.2, -0.15) is 4.98 Å². The molecule has 0 saturated heterocycles. The average Bonchev–Trinajstić information content (AvgIpc) is 2.90. The SMILES string of the molecule is CCOc1ccc2[nH]c(-c3ccccc3C(=O)O)nc2n1. The van der Waals surface area contributed by atoms with Crippen LogP contribution in [-0.4, -0.2) is 32.6 Å². The summed E-state index contributed by atoms with van der Waals surface area (Å²) in [6.45, 7) is 2.41. The normalized spacial score (nSPS) is 10.7. The van der Waals surface area contributed by atoms with Gasteiger partial charge in [0.15, 0.2) is 5.65 Å². The number of nitrogens with zero attached hydrogens (tertiary/aromatic N) is 2. The number of ether oxygens (including phenoxy) is 1. The number of rotatable bonds is 4. The number of carboxylic acids is 1. The molecule has 6 nitrogen and oxygen atoms in total. The zero-order chi connectivity index (χ0) is 14.8. The second kappa shape index (κ2) is 5.24. The standard InChI is InChI=1S/C15H13N3O3/c1-2-21-12-8-7-11-14(17-12)18-13(16-11)9-5-3-4-6-10(9)15(19)20/h3-8H,2H2,1H3,(H,19,20)(H,16,17,18). The molecule has 0 unspecified atom stereocenters. The summed E-state index contributed by atoms with van der Waals surface area (Å²) in [7, 11) is 0. The van der Waals surface area contributed by atoms with Crippen molar-refractivity contribution in [2.75, 3.05) is 6.61 Å². The van der Waals surface area contributed by atoms with Crippen molar-refractivity contribution in [1.82, 2.24) is 15.0 Å². The predicted octanol–water partition coefficient (Wildman–Crippen LogP) is 2.72. The number of nitrogens with one attached hydrogen (secondary N) is 1. The highest BCUT2D eigenvalue weighted by molar-refractivity contribution is 5.95. The molecule has 0 atom stereocenters. The van der Waals surface area contributed by atoms with E-state index in [9.17, 15) is 9.90 Å². The van der Waals surface area contributed by atoms with Gasteiger partial charge in [0.2, 0.25) is 5.88 Å². The number of imidazole rings is 1. The van der Waals surface area contributed by atoms with Crippen LogP contribution in [0, 0.1) is 0 Å². The first-order valence-corrected chi connectivity index (χ1v) is 6.51. The van der Waals surface area contributed by atoms with Gasteiger partial charge in [-0.05, 0) is 19.1 Å². The topological polar surface area (TPSA) is 88.1 Å². The molecule has 0 fully saturated rings. The summed E-state index contributed by atoms with van der Waals surface area (Å²) in [5.74, 6) is -0.0206. The van der Waals surface area contributed by atoms with Crippen LogP contribution >= 0.6 is 0 Å². The Morgan fingerprint density at radius 3 is 2.81 bits per heavy atom. The van der Waals surface area contributed by atoms with E-state index in [1.165, 1.54) is 0 Å². The van der Waals surface area contributed by atoms with Crippen molar-refractivity contribution in [3.8, 4) is 17.3 Å². The molecule has 0 radical (unpaired) electrons. The van der Waals surface area contributed by atoms with Crippen molar-refractivity contribution in [2.45, 2.75) is 6.92 Å². The van der Waals surface area contributed by atoms with Crippen molar-refractivity contribution < 1.29 is 14.6 Å². The number of aromatic nitrogens is 3. The lowest BCUT2D eigenvalue weighted by molar-refractivity contribution is 0.0697. The Hall–Kier alpha value is -2.89. The Morgan fingerprint density at radius 1 is 1.24 bits per heavy atom. The second-order valence-corrected chi connectivity index (χ2v) is 4.39. The predicted molar refractivity (Wildman–Crippen MR) is 77.5 cm³/mol. The Balaban J connectivity index is 2.11. The van der Waals surface area contributed by atoms with Crippen LogP contribution in [0.3, 0.4) is 0 Å². The van der Waals surface area contributed by atoms with Crippen molar-refractivity contribution >= 4 is 17.1 Å². The highest BCUT2D eigenvalue weighted by Crippen LogP contribution is 2.24. The van der Waals surface area contributed by atoms with E-state index in [1.807, 2.05) is 13.0 Å². The number of H-pyrrole nitrogens is 1. The molecule has 0 aliphatic carbocycles. The monoisotopic (exact) mass is 283 g/mol. The fourth-order valence-electron chi connectivity index (χ4n) is 2.11. The van der Waals surface area contributed by atoms with E-state index in [1.54, 1.807) is 30.3 Å².